The van der Waals surface area contributed by atoms with E-state index in [2.05, 4.69) is 26.5 Å². The van der Waals surface area contributed by atoms with Gasteiger partial charge < -0.3 is 14.2 Å². The molecule has 0 aliphatic carbocycles. The summed E-state index contributed by atoms with van der Waals surface area (Å²) < 4.78 is 16.7. The number of halogens is 1. The van der Waals surface area contributed by atoms with Crippen molar-refractivity contribution in [3.63, 3.8) is 0 Å². The van der Waals surface area contributed by atoms with Crippen LogP contribution in [0.15, 0.2) is 46.0 Å². The smallest absolute Gasteiger partial charge is 0.271 e. The van der Waals surface area contributed by atoms with Crippen LogP contribution in [0.4, 0.5) is 0 Å². The minimum absolute atomic E-state index is 0.313. The average Bonchev–Trinajstić information content (AvgIpc) is 2.60. The normalized spacial score (nSPS) is 10.5. The fourth-order valence-corrected chi connectivity index (χ4v) is 2.48. The molecule has 0 saturated carbocycles. The van der Waals surface area contributed by atoms with Crippen LogP contribution in [0.1, 0.15) is 15.9 Å². The van der Waals surface area contributed by atoms with Gasteiger partial charge in [0, 0.05) is 15.6 Å². The van der Waals surface area contributed by atoms with Gasteiger partial charge in [-0.3, -0.25) is 4.79 Å². The van der Waals surface area contributed by atoms with E-state index >= 15 is 0 Å². The zero-order valence-corrected chi connectivity index (χ0v) is 15.1. The molecule has 0 atom stereocenters. The van der Waals surface area contributed by atoms with Crippen LogP contribution in [-0.2, 0) is 0 Å². The predicted molar refractivity (Wildman–Crippen MR) is 95.3 cm³/mol. The molecule has 2 aromatic rings. The molecule has 2 rings (SSSR count). The summed E-state index contributed by atoms with van der Waals surface area (Å²) in [5.74, 6) is 1.16. The maximum Gasteiger partial charge on any atom is 0.271 e. The highest BCUT2D eigenvalue weighted by Gasteiger charge is 2.14. The van der Waals surface area contributed by atoms with Crippen molar-refractivity contribution >= 4 is 28.1 Å². The Labute approximate surface area is 148 Å². The van der Waals surface area contributed by atoms with Gasteiger partial charge in [0.2, 0.25) is 5.75 Å². The lowest BCUT2D eigenvalue weighted by Crippen LogP contribution is -2.17. The van der Waals surface area contributed by atoms with Gasteiger partial charge in [0.1, 0.15) is 0 Å². The largest absolute Gasteiger partial charge is 0.493 e. The average molecular weight is 393 g/mol. The number of nitrogens with zero attached hydrogens (tertiary/aromatic N) is 1. The molecule has 1 amide bonds. The van der Waals surface area contributed by atoms with Crippen molar-refractivity contribution in [2.24, 2.45) is 5.10 Å². The van der Waals surface area contributed by atoms with Gasteiger partial charge in [-0.25, -0.2) is 5.43 Å². The van der Waals surface area contributed by atoms with E-state index < -0.39 is 0 Å². The number of ether oxygens (including phenoxy) is 3. The predicted octanol–water partition coefficient (Wildman–Crippen LogP) is 3.24. The van der Waals surface area contributed by atoms with Crippen LogP contribution in [0.25, 0.3) is 0 Å². The van der Waals surface area contributed by atoms with E-state index in [-0.39, 0.29) is 5.91 Å². The fourth-order valence-electron chi connectivity index (χ4n) is 2.08. The van der Waals surface area contributed by atoms with Gasteiger partial charge in [0.25, 0.3) is 5.91 Å². The summed E-state index contributed by atoms with van der Waals surface area (Å²) >= 11 is 3.32. The Bertz CT molecular complexity index is 762. The van der Waals surface area contributed by atoms with Gasteiger partial charge >= 0.3 is 0 Å². The highest BCUT2D eigenvalue weighted by atomic mass is 79.9. The van der Waals surface area contributed by atoms with E-state index in [4.69, 9.17) is 14.2 Å². The van der Waals surface area contributed by atoms with E-state index in [9.17, 15) is 4.79 Å². The summed E-state index contributed by atoms with van der Waals surface area (Å²) in [6.07, 6.45) is 1.48. The van der Waals surface area contributed by atoms with Gasteiger partial charge in [0.15, 0.2) is 11.5 Å². The molecule has 0 bridgehead atoms. The number of hydrogen-bond donors (Lipinski definition) is 1. The van der Waals surface area contributed by atoms with E-state index in [1.807, 2.05) is 6.07 Å². The maximum atomic E-state index is 12.0. The zero-order valence-electron chi connectivity index (χ0n) is 13.5. The molecule has 0 unspecified atom stereocenters. The first-order chi connectivity index (χ1) is 11.6. The number of nitrogens with one attached hydrogen (secondary N) is 1. The molecule has 7 heteroatoms. The van der Waals surface area contributed by atoms with Crippen LogP contribution >= 0.6 is 15.9 Å². The van der Waals surface area contributed by atoms with Crippen molar-refractivity contribution in [2.45, 2.75) is 0 Å². The second-order valence-electron chi connectivity index (χ2n) is 4.63. The number of carbonyl (C=O) groups excluding carboxylic acids is 1. The highest BCUT2D eigenvalue weighted by Crippen LogP contribution is 2.38. The van der Waals surface area contributed by atoms with Crippen molar-refractivity contribution in [3.8, 4) is 17.2 Å². The van der Waals surface area contributed by atoms with E-state index in [1.54, 1.807) is 37.4 Å². The van der Waals surface area contributed by atoms with Crippen molar-refractivity contribution < 1.29 is 19.0 Å². The van der Waals surface area contributed by atoms with E-state index in [0.29, 0.717) is 28.4 Å². The number of methoxy groups -OCH3 is 3. The van der Waals surface area contributed by atoms with Crippen molar-refractivity contribution in [2.75, 3.05) is 21.3 Å². The Morgan fingerprint density at radius 3 is 2.46 bits per heavy atom. The molecule has 6 nitrogen and oxygen atoms in total. The number of amides is 1. The van der Waals surface area contributed by atoms with Gasteiger partial charge in [0.05, 0.1) is 27.5 Å². The van der Waals surface area contributed by atoms with Crippen LogP contribution in [0.3, 0.4) is 0 Å². The van der Waals surface area contributed by atoms with Gasteiger partial charge in [-0.05, 0) is 30.3 Å². The second-order valence-corrected chi connectivity index (χ2v) is 5.55. The number of carbonyl (C=O) groups is 1. The summed E-state index contributed by atoms with van der Waals surface area (Å²) in [5.41, 5.74) is 3.62. The van der Waals surface area contributed by atoms with Gasteiger partial charge in [-0.15, -0.1) is 0 Å². The molecule has 0 aliphatic heterocycles. The Balaban J connectivity index is 2.18. The standard InChI is InChI=1S/C17H17BrN2O4/c1-22-14-8-7-12(15(23-2)16(14)24-3)10-19-20-17(21)11-5-4-6-13(18)9-11/h4-10H,1-3H3,(H,20,21)/b19-10+. The van der Waals surface area contributed by atoms with Crippen molar-refractivity contribution in [1.82, 2.24) is 5.43 Å². The van der Waals surface area contributed by atoms with Crippen LogP contribution in [0.5, 0.6) is 17.2 Å². The van der Waals surface area contributed by atoms with Gasteiger partial charge in [-0.1, -0.05) is 22.0 Å². The second kappa shape index (κ2) is 8.35. The molecule has 1 N–H and O–H groups in total. The Morgan fingerprint density at radius 2 is 1.83 bits per heavy atom. The molecule has 0 radical (unpaired) electrons. The summed E-state index contributed by atoms with van der Waals surface area (Å²) in [5, 5.41) is 3.97. The quantitative estimate of drug-likeness (QED) is 0.605. The Morgan fingerprint density at radius 1 is 1.08 bits per heavy atom. The zero-order chi connectivity index (χ0) is 17.5. The van der Waals surface area contributed by atoms with E-state index in [0.717, 1.165) is 4.47 Å². The molecule has 0 fully saturated rings. The molecule has 0 aliphatic rings. The maximum absolute atomic E-state index is 12.0. The van der Waals surface area contributed by atoms with E-state index in [1.165, 1.54) is 20.4 Å². The first-order valence-electron chi connectivity index (χ1n) is 6.98. The molecule has 0 spiro atoms. The molecular formula is C17H17BrN2O4. The SMILES string of the molecule is COc1ccc(/C=N/NC(=O)c2cccc(Br)c2)c(OC)c1OC. The summed E-state index contributed by atoms with van der Waals surface area (Å²) in [6, 6.07) is 10.5. The first kappa shape index (κ1) is 17.8. The minimum atomic E-state index is -0.313. The Hall–Kier alpha value is -2.54. The van der Waals surface area contributed by atoms with Crippen LogP contribution in [0, 0.1) is 0 Å². The third-order valence-electron chi connectivity index (χ3n) is 3.19. The lowest BCUT2D eigenvalue weighted by Gasteiger charge is -2.13. The number of hydrazone groups is 1. The van der Waals surface area contributed by atoms with Gasteiger partial charge in [-0.2, -0.15) is 5.10 Å². The van der Waals surface area contributed by atoms with Crippen LogP contribution in [-0.4, -0.2) is 33.5 Å². The number of rotatable bonds is 6. The monoisotopic (exact) mass is 392 g/mol. The molecule has 2 aromatic carbocycles. The van der Waals surface area contributed by atoms with Crippen LogP contribution in [0.2, 0.25) is 0 Å². The first-order valence-corrected chi connectivity index (χ1v) is 7.78. The molecule has 126 valence electrons. The Kier molecular flexibility index (Phi) is 6.20. The number of benzene rings is 2. The molecule has 24 heavy (non-hydrogen) atoms. The molecule has 0 saturated heterocycles. The summed E-state index contributed by atoms with van der Waals surface area (Å²) in [7, 11) is 4.59. The summed E-state index contributed by atoms with van der Waals surface area (Å²) in [6.45, 7) is 0. The van der Waals surface area contributed by atoms with Crippen molar-refractivity contribution in [3.05, 3.63) is 52.0 Å². The molecule has 0 aromatic heterocycles. The minimum Gasteiger partial charge on any atom is -0.493 e. The highest BCUT2D eigenvalue weighted by molar-refractivity contribution is 9.10. The molecule has 0 heterocycles. The third-order valence-corrected chi connectivity index (χ3v) is 3.68. The van der Waals surface area contributed by atoms with Crippen LogP contribution < -0.4 is 19.6 Å². The topological polar surface area (TPSA) is 69.2 Å². The third kappa shape index (κ3) is 4.05. The molecular weight excluding hydrogens is 376 g/mol. The number of hydrogen-bond acceptors (Lipinski definition) is 5. The lowest BCUT2D eigenvalue weighted by atomic mass is 10.2. The fraction of sp³-hybridized carbons (Fsp3) is 0.176. The lowest BCUT2D eigenvalue weighted by molar-refractivity contribution is 0.0955. The summed E-state index contributed by atoms with van der Waals surface area (Å²) in [4.78, 5) is 12.0. The van der Waals surface area contributed by atoms with Crippen molar-refractivity contribution in [1.29, 1.82) is 0 Å².